The molecule has 0 atom stereocenters. The lowest BCUT2D eigenvalue weighted by Gasteiger charge is -2.09. The van der Waals surface area contributed by atoms with Crippen LogP contribution in [0.1, 0.15) is 12.5 Å². The number of alkyl halides is 3. The number of hydrogen-bond acceptors (Lipinski definition) is 6. The average molecular weight is 456 g/mol. The number of rotatable bonds is 5. The second-order valence-corrected chi connectivity index (χ2v) is 8.35. The van der Waals surface area contributed by atoms with E-state index < -0.39 is 31.8 Å². The number of sulfone groups is 1. The molecule has 0 fully saturated rings. The second kappa shape index (κ2) is 7.91. The Balaban J connectivity index is 1.92. The Labute approximate surface area is 173 Å². The number of nitrogens with one attached hydrogen (secondary N) is 1. The van der Waals surface area contributed by atoms with Crippen molar-refractivity contribution in [2.24, 2.45) is 0 Å². The van der Waals surface area contributed by atoms with Crippen LogP contribution in [0.2, 0.25) is 0 Å². The molecule has 1 aromatic carbocycles. The summed E-state index contributed by atoms with van der Waals surface area (Å²) in [6.45, 7) is 1.30. The number of halogens is 3. The van der Waals surface area contributed by atoms with Crippen LogP contribution in [0.3, 0.4) is 0 Å². The Hall–Kier alpha value is -3.61. The van der Waals surface area contributed by atoms with Crippen molar-refractivity contribution in [1.82, 2.24) is 14.1 Å². The van der Waals surface area contributed by atoms with Gasteiger partial charge in [0.1, 0.15) is 5.82 Å². The molecule has 0 saturated carbocycles. The van der Waals surface area contributed by atoms with Gasteiger partial charge in [0, 0.05) is 13.1 Å². The minimum absolute atomic E-state index is 0.00493. The Bertz CT molecular complexity index is 1290. The number of anilines is 1. The van der Waals surface area contributed by atoms with Crippen molar-refractivity contribution in [1.29, 1.82) is 0 Å². The highest BCUT2D eigenvalue weighted by molar-refractivity contribution is 7.92. The van der Waals surface area contributed by atoms with Crippen molar-refractivity contribution in [3.63, 3.8) is 0 Å². The zero-order valence-electron chi connectivity index (χ0n) is 15.8. The maximum absolute atomic E-state index is 12.7. The third-order valence-corrected chi connectivity index (χ3v) is 5.63. The number of carbonyl (C=O) groups excluding carboxylic acids is 1. The van der Waals surface area contributed by atoms with Gasteiger partial charge in [0.05, 0.1) is 23.3 Å². The van der Waals surface area contributed by atoms with Crippen molar-refractivity contribution >= 4 is 21.6 Å². The van der Waals surface area contributed by atoms with E-state index in [1.165, 1.54) is 19.2 Å². The monoisotopic (exact) mass is 456 g/mol. The molecule has 164 valence electrons. The summed E-state index contributed by atoms with van der Waals surface area (Å²) in [7, 11) is -5.53. The van der Waals surface area contributed by atoms with Crippen molar-refractivity contribution < 1.29 is 31.5 Å². The van der Waals surface area contributed by atoms with E-state index in [1.54, 1.807) is 6.07 Å². The van der Waals surface area contributed by atoms with E-state index in [-0.39, 0.29) is 24.0 Å². The van der Waals surface area contributed by atoms with E-state index in [0.717, 1.165) is 27.5 Å². The molecule has 0 bridgehead atoms. The van der Waals surface area contributed by atoms with Crippen LogP contribution < -0.4 is 11.0 Å². The van der Waals surface area contributed by atoms with Crippen LogP contribution in [0.4, 0.5) is 19.0 Å². The zero-order chi connectivity index (χ0) is 23.0. The van der Waals surface area contributed by atoms with Crippen molar-refractivity contribution in [2.75, 3.05) is 5.32 Å². The smallest absolute Gasteiger partial charge is 0.493 e. The minimum atomic E-state index is -5.53. The fourth-order valence-corrected chi connectivity index (χ4v) is 3.52. The first-order valence-corrected chi connectivity index (χ1v) is 10.0. The van der Waals surface area contributed by atoms with Crippen LogP contribution in [0, 0.1) is 0 Å². The molecule has 2 heterocycles. The molecule has 0 unspecified atom stereocenters. The van der Waals surface area contributed by atoms with Gasteiger partial charge in [-0.3, -0.25) is 9.36 Å². The predicted molar refractivity (Wildman–Crippen MR) is 103 cm³/mol. The number of benzene rings is 1. The molecule has 0 spiro atoms. The number of pyridine rings is 1. The number of aromatic nitrogens is 3. The number of aromatic hydroxyl groups is 1. The summed E-state index contributed by atoms with van der Waals surface area (Å²) in [5, 5.41) is 12.6. The third kappa shape index (κ3) is 4.45. The van der Waals surface area contributed by atoms with Gasteiger partial charge < -0.3 is 10.4 Å². The van der Waals surface area contributed by atoms with Crippen molar-refractivity contribution in [3.05, 3.63) is 64.8 Å². The van der Waals surface area contributed by atoms with E-state index in [4.69, 9.17) is 0 Å². The SMILES string of the molecule is CC(=O)Nc1cc(Cn2cc(O)n(-c3ccc(S(=O)(=O)C(F)(F)F)cc3)c2=O)ccn1. The molecule has 31 heavy (non-hydrogen) atoms. The molecule has 3 rings (SSSR count). The molecular weight excluding hydrogens is 441 g/mol. The fraction of sp³-hybridized carbons (Fsp3) is 0.167. The first-order chi connectivity index (χ1) is 14.4. The molecule has 0 saturated heterocycles. The maximum Gasteiger partial charge on any atom is 0.501 e. The van der Waals surface area contributed by atoms with Crippen LogP contribution in [-0.4, -0.2) is 39.1 Å². The normalized spacial score (nSPS) is 12.0. The Kier molecular flexibility index (Phi) is 5.63. The van der Waals surface area contributed by atoms with E-state index in [2.05, 4.69) is 10.3 Å². The van der Waals surface area contributed by atoms with Gasteiger partial charge in [-0.1, -0.05) is 0 Å². The molecular formula is C18H15F3N4O5S. The average Bonchev–Trinajstić information content (AvgIpc) is 2.94. The molecule has 0 radical (unpaired) electrons. The van der Waals surface area contributed by atoms with Crippen LogP contribution in [0.15, 0.2) is 58.5 Å². The van der Waals surface area contributed by atoms with Gasteiger partial charge in [-0.15, -0.1) is 0 Å². The number of amides is 1. The predicted octanol–water partition coefficient (Wildman–Crippen LogP) is 2.04. The lowest BCUT2D eigenvalue weighted by molar-refractivity contribution is -0.114. The minimum Gasteiger partial charge on any atom is -0.493 e. The molecule has 13 heteroatoms. The van der Waals surface area contributed by atoms with E-state index in [9.17, 15) is 36.3 Å². The third-order valence-electron chi connectivity index (χ3n) is 4.13. The standard InChI is InChI=1S/C18H15F3N4O5S/c1-11(26)23-15-8-12(6-7-22-15)9-24-10-16(27)25(17(24)28)13-2-4-14(5-3-13)31(29,30)18(19,20)21/h2-8,10,27H,9H2,1H3,(H,22,23,26). The Morgan fingerprint density at radius 3 is 2.42 bits per heavy atom. The molecule has 0 aliphatic rings. The van der Waals surface area contributed by atoms with Gasteiger partial charge in [0.2, 0.25) is 11.8 Å². The second-order valence-electron chi connectivity index (χ2n) is 6.41. The van der Waals surface area contributed by atoms with Gasteiger partial charge in [0.25, 0.3) is 9.84 Å². The summed E-state index contributed by atoms with van der Waals surface area (Å²) < 4.78 is 62.8. The number of carbonyl (C=O) groups is 1. The largest absolute Gasteiger partial charge is 0.501 e. The first-order valence-electron chi connectivity index (χ1n) is 8.55. The zero-order valence-corrected chi connectivity index (χ0v) is 16.6. The summed E-state index contributed by atoms with van der Waals surface area (Å²) >= 11 is 0. The Morgan fingerprint density at radius 2 is 1.84 bits per heavy atom. The van der Waals surface area contributed by atoms with Crippen molar-refractivity contribution in [3.8, 4) is 11.6 Å². The molecule has 2 N–H and O–H groups in total. The highest BCUT2D eigenvalue weighted by Gasteiger charge is 2.46. The maximum atomic E-state index is 12.7. The summed E-state index contributed by atoms with van der Waals surface area (Å²) in [5.41, 5.74) is -5.64. The lowest BCUT2D eigenvalue weighted by atomic mass is 10.2. The molecule has 3 aromatic rings. The van der Waals surface area contributed by atoms with Crippen LogP contribution >= 0.6 is 0 Å². The van der Waals surface area contributed by atoms with Gasteiger partial charge in [-0.05, 0) is 42.0 Å². The highest BCUT2D eigenvalue weighted by Crippen LogP contribution is 2.30. The van der Waals surface area contributed by atoms with E-state index in [1.807, 2.05) is 0 Å². The van der Waals surface area contributed by atoms with Gasteiger partial charge in [-0.25, -0.2) is 22.8 Å². The van der Waals surface area contributed by atoms with Gasteiger partial charge >= 0.3 is 11.2 Å². The quantitative estimate of drug-likeness (QED) is 0.606. The summed E-state index contributed by atoms with van der Waals surface area (Å²) in [6, 6.07) is 6.46. The topological polar surface area (TPSA) is 123 Å². The lowest BCUT2D eigenvalue weighted by Crippen LogP contribution is -2.24. The van der Waals surface area contributed by atoms with Crippen LogP contribution in [-0.2, 0) is 21.2 Å². The molecule has 1 amide bonds. The van der Waals surface area contributed by atoms with Gasteiger partial charge in [0.15, 0.2) is 0 Å². The fourth-order valence-electron chi connectivity index (χ4n) is 2.76. The molecule has 0 aliphatic carbocycles. The van der Waals surface area contributed by atoms with E-state index in [0.29, 0.717) is 17.7 Å². The van der Waals surface area contributed by atoms with Gasteiger partial charge in [-0.2, -0.15) is 13.2 Å². The molecule has 9 nitrogen and oxygen atoms in total. The van der Waals surface area contributed by atoms with Crippen LogP contribution in [0.25, 0.3) is 5.69 Å². The van der Waals surface area contributed by atoms with E-state index >= 15 is 0 Å². The number of hydrogen-bond donors (Lipinski definition) is 2. The summed E-state index contributed by atoms with van der Waals surface area (Å²) in [4.78, 5) is 26.8. The summed E-state index contributed by atoms with van der Waals surface area (Å²) in [5.74, 6) is -0.572. The molecule has 2 aromatic heterocycles. The van der Waals surface area contributed by atoms with Crippen molar-refractivity contribution in [2.45, 2.75) is 23.9 Å². The number of nitrogens with zero attached hydrogens (tertiary/aromatic N) is 3. The highest BCUT2D eigenvalue weighted by atomic mass is 32.2. The number of imidazole rings is 1. The first kappa shape index (κ1) is 22.1. The molecule has 0 aliphatic heterocycles. The summed E-state index contributed by atoms with van der Waals surface area (Å²) in [6.07, 6.45) is 2.53. The Morgan fingerprint density at radius 1 is 1.19 bits per heavy atom. The van der Waals surface area contributed by atoms with Crippen LogP contribution in [0.5, 0.6) is 5.88 Å².